The monoisotopic (exact) mass is 400 g/mol. The molecule has 4 rings (SSSR count). The highest BCUT2D eigenvalue weighted by Crippen LogP contribution is 2.23. The SMILES string of the molecule is Cn1cc(CN(CC2CCN(Cc3ccccc3F)CC2)C[C@H]2CCCO2)cn1. The highest BCUT2D eigenvalue weighted by molar-refractivity contribution is 5.17. The quantitative estimate of drug-likeness (QED) is 0.680. The molecule has 0 amide bonds. The molecule has 0 radical (unpaired) electrons. The van der Waals surface area contributed by atoms with Gasteiger partial charge in [0.1, 0.15) is 5.82 Å². The predicted octanol–water partition coefficient (Wildman–Crippen LogP) is 3.45. The smallest absolute Gasteiger partial charge is 0.127 e. The van der Waals surface area contributed by atoms with Crippen molar-refractivity contribution in [2.45, 2.75) is 44.9 Å². The van der Waals surface area contributed by atoms with Crippen molar-refractivity contribution in [2.75, 3.05) is 32.8 Å². The number of benzene rings is 1. The molecule has 5 nitrogen and oxygen atoms in total. The van der Waals surface area contributed by atoms with Crippen LogP contribution >= 0.6 is 0 Å². The molecule has 29 heavy (non-hydrogen) atoms. The van der Waals surface area contributed by atoms with Crippen LogP contribution in [0.3, 0.4) is 0 Å². The zero-order valence-corrected chi connectivity index (χ0v) is 17.5. The van der Waals surface area contributed by atoms with E-state index < -0.39 is 0 Å². The van der Waals surface area contributed by atoms with Crippen molar-refractivity contribution in [1.82, 2.24) is 19.6 Å². The molecule has 158 valence electrons. The van der Waals surface area contributed by atoms with Crippen LogP contribution in [0.15, 0.2) is 36.7 Å². The number of halogens is 1. The van der Waals surface area contributed by atoms with Crippen molar-refractivity contribution in [2.24, 2.45) is 13.0 Å². The molecule has 1 atom stereocenters. The topological polar surface area (TPSA) is 33.5 Å². The van der Waals surface area contributed by atoms with E-state index in [1.165, 1.54) is 31.2 Å². The lowest BCUT2D eigenvalue weighted by atomic mass is 9.95. The summed E-state index contributed by atoms with van der Waals surface area (Å²) in [7, 11) is 1.97. The maximum atomic E-state index is 13.9. The lowest BCUT2D eigenvalue weighted by Gasteiger charge is -2.35. The van der Waals surface area contributed by atoms with Gasteiger partial charge in [-0.25, -0.2) is 4.39 Å². The lowest BCUT2D eigenvalue weighted by Crippen LogP contribution is -2.40. The second-order valence-corrected chi connectivity index (χ2v) is 8.66. The Kier molecular flexibility index (Phi) is 6.95. The molecule has 0 unspecified atom stereocenters. The Hall–Kier alpha value is -1.76. The molecule has 2 fully saturated rings. The van der Waals surface area contributed by atoms with E-state index in [1.54, 1.807) is 12.1 Å². The van der Waals surface area contributed by atoms with Crippen LogP contribution in [0.4, 0.5) is 4.39 Å². The number of hydrogen-bond donors (Lipinski definition) is 0. The Morgan fingerprint density at radius 3 is 2.69 bits per heavy atom. The molecule has 0 aliphatic carbocycles. The van der Waals surface area contributed by atoms with Gasteiger partial charge in [-0.15, -0.1) is 0 Å². The Bertz CT molecular complexity index is 766. The summed E-state index contributed by atoms with van der Waals surface area (Å²) in [5.41, 5.74) is 2.07. The van der Waals surface area contributed by atoms with Crippen molar-refractivity contribution in [3.8, 4) is 0 Å². The van der Waals surface area contributed by atoms with Gasteiger partial charge in [-0.1, -0.05) is 18.2 Å². The predicted molar refractivity (Wildman–Crippen MR) is 112 cm³/mol. The summed E-state index contributed by atoms with van der Waals surface area (Å²) in [6, 6.07) is 7.14. The summed E-state index contributed by atoms with van der Waals surface area (Å²) in [6.07, 6.45) is 9.14. The number of ether oxygens (including phenoxy) is 1. The van der Waals surface area contributed by atoms with E-state index in [0.29, 0.717) is 18.6 Å². The number of likely N-dealkylation sites (tertiary alicyclic amines) is 1. The van der Waals surface area contributed by atoms with Gasteiger partial charge in [0.25, 0.3) is 0 Å². The van der Waals surface area contributed by atoms with Gasteiger partial charge >= 0.3 is 0 Å². The molecular weight excluding hydrogens is 367 g/mol. The summed E-state index contributed by atoms with van der Waals surface area (Å²) >= 11 is 0. The van der Waals surface area contributed by atoms with Gasteiger partial charge in [0, 0.05) is 57.2 Å². The van der Waals surface area contributed by atoms with Gasteiger partial charge < -0.3 is 4.74 Å². The molecule has 0 saturated carbocycles. The van der Waals surface area contributed by atoms with Gasteiger partial charge in [-0.3, -0.25) is 14.5 Å². The second-order valence-electron chi connectivity index (χ2n) is 8.66. The largest absolute Gasteiger partial charge is 0.377 e. The van der Waals surface area contributed by atoms with Crippen LogP contribution in [0.1, 0.15) is 36.8 Å². The average Bonchev–Trinajstić information content (AvgIpc) is 3.37. The molecule has 1 aromatic heterocycles. The van der Waals surface area contributed by atoms with Crippen molar-refractivity contribution in [1.29, 1.82) is 0 Å². The van der Waals surface area contributed by atoms with Crippen LogP contribution in [0.2, 0.25) is 0 Å². The normalized spacial score (nSPS) is 21.3. The number of piperidine rings is 1. The molecular formula is C23H33FN4O. The minimum absolute atomic E-state index is 0.0890. The van der Waals surface area contributed by atoms with Crippen LogP contribution in [0.5, 0.6) is 0 Å². The van der Waals surface area contributed by atoms with Crippen molar-refractivity contribution in [3.05, 3.63) is 53.6 Å². The van der Waals surface area contributed by atoms with E-state index in [1.807, 2.05) is 30.1 Å². The third kappa shape index (κ3) is 5.87. The Morgan fingerprint density at radius 1 is 1.17 bits per heavy atom. The molecule has 2 aromatic rings. The van der Waals surface area contributed by atoms with E-state index in [-0.39, 0.29) is 5.82 Å². The summed E-state index contributed by atoms with van der Waals surface area (Å²) in [5.74, 6) is 0.596. The van der Waals surface area contributed by atoms with Gasteiger partial charge in [0.2, 0.25) is 0 Å². The summed E-state index contributed by atoms with van der Waals surface area (Å²) in [5, 5.41) is 4.33. The molecule has 0 bridgehead atoms. The van der Waals surface area contributed by atoms with Crippen LogP contribution in [-0.4, -0.2) is 58.5 Å². The van der Waals surface area contributed by atoms with Crippen LogP contribution in [-0.2, 0) is 24.9 Å². The highest BCUT2D eigenvalue weighted by atomic mass is 19.1. The first-order chi connectivity index (χ1) is 14.2. The Balaban J connectivity index is 1.30. The minimum atomic E-state index is -0.0890. The van der Waals surface area contributed by atoms with Gasteiger partial charge in [0.05, 0.1) is 12.3 Å². The molecule has 0 spiro atoms. The maximum Gasteiger partial charge on any atom is 0.127 e. The van der Waals surface area contributed by atoms with E-state index in [4.69, 9.17) is 4.74 Å². The molecule has 0 N–H and O–H groups in total. The molecule has 2 saturated heterocycles. The Morgan fingerprint density at radius 2 is 2.00 bits per heavy atom. The van der Waals surface area contributed by atoms with E-state index in [9.17, 15) is 4.39 Å². The number of rotatable bonds is 8. The van der Waals surface area contributed by atoms with Gasteiger partial charge in [-0.2, -0.15) is 5.10 Å². The van der Waals surface area contributed by atoms with E-state index in [2.05, 4.69) is 21.1 Å². The number of hydrogen-bond acceptors (Lipinski definition) is 4. The molecule has 1 aromatic carbocycles. The first-order valence-corrected chi connectivity index (χ1v) is 10.9. The zero-order chi connectivity index (χ0) is 20.1. The first-order valence-electron chi connectivity index (χ1n) is 10.9. The third-order valence-electron chi connectivity index (χ3n) is 6.23. The second kappa shape index (κ2) is 9.83. The fourth-order valence-electron chi connectivity index (χ4n) is 4.65. The number of aryl methyl sites for hydroxylation is 1. The zero-order valence-electron chi connectivity index (χ0n) is 17.5. The van der Waals surface area contributed by atoms with E-state index >= 15 is 0 Å². The molecule has 2 aliphatic heterocycles. The standard InChI is InChI=1S/C23H33FN4O/c1-26-14-20(13-25-26)16-28(18-22-6-4-12-29-22)15-19-8-10-27(11-9-19)17-21-5-2-3-7-23(21)24/h2-3,5,7,13-14,19,22H,4,6,8-12,15-18H2,1H3/t22-/m1/s1. The van der Waals surface area contributed by atoms with Crippen LogP contribution < -0.4 is 0 Å². The molecule has 2 aliphatic rings. The molecule has 3 heterocycles. The van der Waals surface area contributed by atoms with Crippen molar-refractivity contribution < 1.29 is 9.13 Å². The van der Waals surface area contributed by atoms with Crippen molar-refractivity contribution >= 4 is 0 Å². The van der Waals surface area contributed by atoms with Crippen molar-refractivity contribution in [3.63, 3.8) is 0 Å². The minimum Gasteiger partial charge on any atom is -0.377 e. The van der Waals surface area contributed by atoms with Gasteiger partial charge in [0.15, 0.2) is 0 Å². The van der Waals surface area contributed by atoms with Gasteiger partial charge in [-0.05, 0) is 50.8 Å². The summed E-state index contributed by atoms with van der Waals surface area (Å²) in [6.45, 7) is 6.74. The average molecular weight is 401 g/mol. The summed E-state index contributed by atoms with van der Waals surface area (Å²) in [4.78, 5) is 4.95. The Labute approximate surface area is 173 Å². The fourth-order valence-corrected chi connectivity index (χ4v) is 4.65. The number of aromatic nitrogens is 2. The third-order valence-corrected chi connectivity index (χ3v) is 6.23. The van der Waals surface area contributed by atoms with E-state index in [0.717, 1.165) is 44.9 Å². The maximum absolute atomic E-state index is 13.9. The molecule has 6 heteroatoms. The summed E-state index contributed by atoms with van der Waals surface area (Å²) < 4.78 is 21.7. The van der Waals surface area contributed by atoms with Crippen LogP contribution in [0.25, 0.3) is 0 Å². The number of nitrogens with zero attached hydrogens (tertiary/aromatic N) is 4. The first kappa shape index (κ1) is 20.5. The van der Waals surface area contributed by atoms with Crippen LogP contribution in [0, 0.1) is 11.7 Å². The fraction of sp³-hybridized carbons (Fsp3) is 0.609. The highest BCUT2D eigenvalue weighted by Gasteiger charge is 2.25. The lowest BCUT2D eigenvalue weighted by molar-refractivity contribution is 0.0569.